The fourth-order valence-electron chi connectivity index (χ4n) is 3.16. The number of ether oxygens (including phenoxy) is 1. The minimum Gasteiger partial charge on any atom is -0.444 e. The molecular formula is C22H28N4O3. The summed E-state index contributed by atoms with van der Waals surface area (Å²) in [5, 5.41) is 2.68. The summed E-state index contributed by atoms with van der Waals surface area (Å²) in [6, 6.07) is 10.9. The van der Waals surface area contributed by atoms with Crippen molar-refractivity contribution in [1.82, 2.24) is 14.8 Å². The van der Waals surface area contributed by atoms with Crippen LogP contribution in [0.3, 0.4) is 0 Å². The summed E-state index contributed by atoms with van der Waals surface area (Å²) in [6.07, 6.45) is 3.09. The van der Waals surface area contributed by atoms with E-state index >= 15 is 0 Å². The first-order valence-electron chi connectivity index (χ1n) is 9.81. The van der Waals surface area contributed by atoms with E-state index < -0.39 is 11.7 Å². The molecule has 1 N–H and O–H groups in total. The van der Waals surface area contributed by atoms with Crippen molar-refractivity contribution < 1.29 is 14.3 Å². The van der Waals surface area contributed by atoms with Crippen molar-refractivity contribution in [3.05, 3.63) is 59.9 Å². The third-order valence-corrected chi connectivity index (χ3v) is 4.59. The molecule has 2 heterocycles. The van der Waals surface area contributed by atoms with Gasteiger partial charge in [-0.2, -0.15) is 0 Å². The Morgan fingerprint density at radius 1 is 1.00 bits per heavy atom. The lowest BCUT2D eigenvalue weighted by Crippen LogP contribution is -2.48. The number of carbonyl (C=O) groups is 2. The zero-order valence-electron chi connectivity index (χ0n) is 17.2. The molecule has 7 heteroatoms. The van der Waals surface area contributed by atoms with Crippen molar-refractivity contribution in [3.8, 4) is 0 Å². The lowest BCUT2D eigenvalue weighted by molar-refractivity contribution is 0.0624. The molecule has 0 saturated carbocycles. The molecule has 1 fully saturated rings. The number of anilines is 1. The summed E-state index contributed by atoms with van der Waals surface area (Å²) in [6.45, 7) is 9.37. The van der Waals surface area contributed by atoms with Gasteiger partial charge in [0.1, 0.15) is 5.60 Å². The normalized spacial score (nSPS) is 15.1. The van der Waals surface area contributed by atoms with Gasteiger partial charge in [-0.1, -0.05) is 0 Å². The molecule has 2 aromatic rings. The van der Waals surface area contributed by atoms with Crippen LogP contribution in [-0.2, 0) is 11.3 Å². The first-order chi connectivity index (χ1) is 13.8. The highest BCUT2D eigenvalue weighted by molar-refractivity contribution is 5.95. The Kier molecular flexibility index (Phi) is 6.49. The van der Waals surface area contributed by atoms with Gasteiger partial charge in [0.2, 0.25) is 0 Å². The second-order valence-corrected chi connectivity index (χ2v) is 8.13. The molecule has 1 aliphatic rings. The van der Waals surface area contributed by atoms with Gasteiger partial charge >= 0.3 is 6.09 Å². The number of hydrogen-bond donors (Lipinski definition) is 1. The van der Waals surface area contributed by atoms with Crippen LogP contribution in [0, 0.1) is 0 Å². The van der Waals surface area contributed by atoms with Crippen LogP contribution >= 0.6 is 0 Å². The zero-order valence-corrected chi connectivity index (χ0v) is 17.2. The molecule has 29 heavy (non-hydrogen) atoms. The maximum atomic E-state index is 12.8. The fourth-order valence-corrected chi connectivity index (χ4v) is 3.16. The minimum absolute atomic E-state index is 0.0115. The summed E-state index contributed by atoms with van der Waals surface area (Å²) >= 11 is 0. The van der Waals surface area contributed by atoms with Gasteiger partial charge in [0.25, 0.3) is 5.91 Å². The quantitative estimate of drug-likeness (QED) is 0.857. The van der Waals surface area contributed by atoms with Crippen LogP contribution in [0.4, 0.5) is 10.5 Å². The minimum atomic E-state index is -0.556. The second kappa shape index (κ2) is 9.05. The molecule has 0 bridgehead atoms. The number of piperazine rings is 1. The van der Waals surface area contributed by atoms with E-state index in [0.29, 0.717) is 24.3 Å². The lowest BCUT2D eigenvalue weighted by atomic mass is 10.1. The number of pyridine rings is 1. The van der Waals surface area contributed by atoms with Crippen molar-refractivity contribution in [2.24, 2.45) is 0 Å². The average molecular weight is 396 g/mol. The van der Waals surface area contributed by atoms with E-state index in [-0.39, 0.29) is 5.91 Å². The van der Waals surface area contributed by atoms with Gasteiger partial charge in [-0.3, -0.25) is 20.0 Å². The standard InChI is InChI=1S/C22H28N4O3/c1-22(2,3)29-21(28)24-19-6-4-18(5-7-19)20(27)26-14-12-25(13-15-26)16-17-8-10-23-11-9-17/h4-11H,12-16H2,1-3H3,(H,24,28). The number of nitrogens with one attached hydrogen (secondary N) is 1. The number of benzene rings is 1. The van der Waals surface area contributed by atoms with E-state index in [2.05, 4.69) is 15.2 Å². The van der Waals surface area contributed by atoms with Gasteiger partial charge < -0.3 is 9.64 Å². The van der Waals surface area contributed by atoms with E-state index in [1.165, 1.54) is 5.56 Å². The van der Waals surface area contributed by atoms with Gasteiger partial charge in [0.05, 0.1) is 0 Å². The lowest BCUT2D eigenvalue weighted by Gasteiger charge is -2.34. The Bertz CT molecular complexity index is 823. The molecule has 0 spiro atoms. The number of hydrogen-bond acceptors (Lipinski definition) is 5. The summed E-state index contributed by atoms with van der Waals surface area (Å²) in [5.41, 5.74) is 1.88. The van der Waals surface area contributed by atoms with E-state index in [9.17, 15) is 9.59 Å². The number of nitrogens with zero attached hydrogens (tertiary/aromatic N) is 3. The van der Waals surface area contributed by atoms with E-state index in [1.807, 2.05) is 37.8 Å². The molecule has 2 amide bonds. The van der Waals surface area contributed by atoms with E-state index in [4.69, 9.17) is 4.74 Å². The highest BCUT2D eigenvalue weighted by Crippen LogP contribution is 2.16. The first-order valence-corrected chi connectivity index (χ1v) is 9.81. The van der Waals surface area contributed by atoms with Crippen LogP contribution in [0.2, 0.25) is 0 Å². The molecule has 0 radical (unpaired) electrons. The molecule has 154 valence electrons. The predicted octanol–water partition coefficient (Wildman–Crippen LogP) is 3.39. The number of aromatic nitrogens is 1. The smallest absolute Gasteiger partial charge is 0.412 e. The molecule has 1 aliphatic heterocycles. The molecule has 0 atom stereocenters. The van der Waals surface area contributed by atoms with Crippen molar-refractivity contribution in [1.29, 1.82) is 0 Å². The van der Waals surface area contributed by atoms with Gasteiger partial charge in [0.15, 0.2) is 0 Å². The van der Waals surface area contributed by atoms with Gasteiger partial charge in [-0.15, -0.1) is 0 Å². The third kappa shape index (κ3) is 6.29. The van der Waals surface area contributed by atoms with Crippen LogP contribution in [0.5, 0.6) is 0 Å². The SMILES string of the molecule is CC(C)(C)OC(=O)Nc1ccc(C(=O)N2CCN(Cc3ccncc3)CC2)cc1. The fraction of sp³-hybridized carbons (Fsp3) is 0.409. The molecule has 7 nitrogen and oxygen atoms in total. The highest BCUT2D eigenvalue weighted by atomic mass is 16.6. The Labute approximate surface area is 171 Å². The summed E-state index contributed by atoms with van der Waals surface area (Å²) < 4.78 is 5.23. The van der Waals surface area contributed by atoms with Gasteiger partial charge in [-0.25, -0.2) is 4.79 Å². The Morgan fingerprint density at radius 3 is 2.21 bits per heavy atom. The van der Waals surface area contributed by atoms with Crippen LogP contribution in [0.15, 0.2) is 48.8 Å². The van der Waals surface area contributed by atoms with Crippen molar-refractivity contribution in [2.45, 2.75) is 32.9 Å². The van der Waals surface area contributed by atoms with Crippen LogP contribution < -0.4 is 5.32 Å². The van der Waals surface area contributed by atoms with Crippen molar-refractivity contribution >= 4 is 17.7 Å². The number of rotatable bonds is 4. The summed E-state index contributed by atoms with van der Waals surface area (Å²) in [5.74, 6) is 0.0115. The Balaban J connectivity index is 1.50. The molecule has 3 rings (SSSR count). The largest absolute Gasteiger partial charge is 0.444 e. The third-order valence-electron chi connectivity index (χ3n) is 4.59. The van der Waals surface area contributed by atoms with Gasteiger partial charge in [0, 0.05) is 56.4 Å². The number of amides is 2. The number of carbonyl (C=O) groups excluding carboxylic acids is 2. The maximum absolute atomic E-state index is 12.8. The zero-order chi connectivity index (χ0) is 20.9. The molecule has 0 unspecified atom stereocenters. The topological polar surface area (TPSA) is 74.8 Å². The van der Waals surface area contributed by atoms with Crippen LogP contribution in [0.1, 0.15) is 36.7 Å². The average Bonchev–Trinajstić information content (AvgIpc) is 2.68. The molecule has 0 aliphatic carbocycles. The second-order valence-electron chi connectivity index (χ2n) is 8.13. The first kappa shape index (κ1) is 20.8. The van der Waals surface area contributed by atoms with E-state index in [0.717, 1.165) is 19.6 Å². The molecular weight excluding hydrogens is 368 g/mol. The molecule has 1 aromatic heterocycles. The van der Waals surface area contributed by atoms with Crippen LogP contribution in [-0.4, -0.2) is 58.6 Å². The summed E-state index contributed by atoms with van der Waals surface area (Å²) in [7, 11) is 0. The summed E-state index contributed by atoms with van der Waals surface area (Å²) in [4.78, 5) is 32.9. The van der Waals surface area contributed by atoms with Crippen molar-refractivity contribution in [2.75, 3.05) is 31.5 Å². The Hall–Kier alpha value is -2.93. The predicted molar refractivity (Wildman–Crippen MR) is 112 cm³/mol. The van der Waals surface area contributed by atoms with Crippen molar-refractivity contribution in [3.63, 3.8) is 0 Å². The van der Waals surface area contributed by atoms with Gasteiger partial charge in [-0.05, 0) is 62.7 Å². The monoisotopic (exact) mass is 396 g/mol. The maximum Gasteiger partial charge on any atom is 0.412 e. The molecule has 1 aromatic carbocycles. The Morgan fingerprint density at radius 2 is 1.62 bits per heavy atom. The molecule has 1 saturated heterocycles. The van der Waals surface area contributed by atoms with E-state index in [1.54, 1.807) is 36.7 Å². The van der Waals surface area contributed by atoms with Crippen LogP contribution in [0.25, 0.3) is 0 Å². The highest BCUT2D eigenvalue weighted by Gasteiger charge is 2.22.